The Bertz CT molecular complexity index is 652. The molecule has 2 rings (SSSR count). The molecular formula is C14H19N3O3S. The molecule has 21 heavy (non-hydrogen) atoms. The van der Waals surface area contributed by atoms with Crippen molar-refractivity contribution in [1.29, 1.82) is 0 Å². The van der Waals surface area contributed by atoms with Crippen molar-refractivity contribution >= 4 is 33.4 Å². The van der Waals surface area contributed by atoms with E-state index >= 15 is 0 Å². The predicted molar refractivity (Wildman–Crippen MR) is 81.5 cm³/mol. The predicted octanol–water partition coefficient (Wildman–Crippen LogP) is 1.97. The molecule has 0 N–H and O–H groups in total. The Labute approximate surface area is 127 Å². The molecule has 2 aromatic rings. The van der Waals surface area contributed by atoms with Gasteiger partial charge >= 0.3 is 5.97 Å². The number of carbonyl (C=O) groups excluding carboxylic acids is 2. The first-order valence-electron chi connectivity index (χ1n) is 6.66. The van der Waals surface area contributed by atoms with E-state index in [2.05, 4.69) is 9.84 Å². The minimum atomic E-state index is -0.420. The van der Waals surface area contributed by atoms with Gasteiger partial charge in [-0.2, -0.15) is 5.10 Å². The number of thiophene rings is 1. The van der Waals surface area contributed by atoms with Gasteiger partial charge in [-0.3, -0.25) is 14.3 Å². The normalized spacial score (nSPS) is 11.1. The summed E-state index contributed by atoms with van der Waals surface area (Å²) in [5.74, 6) is -0.577. The number of methoxy groups -OCH3 is 1. The average Bonchev–Trinajstić information content (AvgIpc) is 2.97. The number of esters is 1. The second-order valence-corrected chi connectivity index (χ2v) is 6.17. The van der Waals surface area contributed by atoms with Gasteiger partial charge in [-0.15, -0.1) is 11.3 Å². The monoisotopic (exact) mass is 309 g/mol. The van der Waals surface area contributed by atoms with Crippen molar-refractivity contribution in [2.75, 3.05) is 13.7 Å². The van der Waals surface area contributed by atoms with Crippen molar-refractivity contribution in [3.63, 3.8) is 0 Å². The van der Waals surface area contributed by atoms with Crippen LogP contribution in [0.1, 0.15) is 29.2 Å². The molecule has 0 saturated heterocycles. The molecule has 0 aliphatic rings. The summed E-state index contributed by atoms with van der Waals surface area (Å²) in [6.45, 7) is 5.62. The molecule has 0 aromatic carbocycles. The van der Waals surface area contributed by atoms with Crippen molar-refractivity contribution in [2.45, 2.75) is 26.8 Å². The van der Waals surface area contributed by atoms with Gasteiger partial charge in [-0.25, -0.2) is 0 Å². The third kappa shape index (κ3) is 2.92. The number of amides is 1. The van der Waals surface area contributed by atoms with Gasteiger partial charge in [0.1, 0.15) is 11.4 Å². The van der Waals surface area contributed by atoms with E-state index in [1.165, 1.54) is 23.3 Å². The molecule has 0 fully saturated rings. The van der Waals surface area contributed by atoms with E-state index < -0.39 is 5.97 Å². The molecule has 0 spiro atoms. The maximum absolute atomic E-state index is 12.6. The van der Waals surface area contributed by atoms with Crippen LogP contribution in [0.25, 0.3) is 10.2 Å². The Hall–Kier alpha value is -1.89. The van der Waals surface area contributed by atoms with Gasteiger partial charge in [-0.05, 0) is 26.8 Å². The fraction of sp³-hybridized carbons (Fsp3) is 0.500. The summed E-state index contributed by atoms with van der Waals surface area (Å²) in [5, 5.41) is 5.30. The molecule has 7 heteroatoms. The fourth-order valence-electron chi connectivity index (χ4n) is 2.14. The second-order valence-electron chi connectivity index (χ2n) is 5.14. The molecule has 0 atom stereocenters. The first-order valence-corrected chi connectivity index (χ1v) is 7.47. The molecule has 2 aromatic heterocycles. The third-order valence-corrected chi connectivity index (χ3v) is 4.51. The first kappa shape index (κ1) is 15.5. The Morgan fingerprint density at radius 2 is 2.14 bits per heavy atom. The lowest BCUT2D eigenvalue weighted by Gasteiger charge is -2.24. The Balaban J connectivity index is 2.34. The molecule has 2 heterocycles. The summed E-state index contributed by atoms with van der Waals surface area (Å²) in [6.07, 6.45) is 0. The molecule has 0 aliphatic carbocycles. The van der Waals surface area contributed by atoms with Crippen molar-refractivity contribution in [3.8, 4) is 0 Å². The Kier molecular flexibility index (Phi) is 4.32. The summed E-state index contributed by atoms with van der Waals surface area (Å²) in [7, 11) is 3.18. The molecular weight excluding hydrogens is 290 g/mol. The van der Waals surface area contributed by atoms with E-state index in [0.717, 1.165) is 15.9 Å². The van der Waals surface area contributed by atoms with Crippen LogP contribution in [-0.4, -0.2) is 46.3 Å². The molecule has 6 nitrogen and oxygen atoms in total. The van der Waals surface area contributed by atoms with E-state index in [-0.39, 0.29) is 18.5 Å². The lowest BCUT2D eigenvalue weighted by molar-refractivity contribution is -0.141. The summed E-state index contributed by atoms with van der Waals surface area (Å²) in [4.78, 5) is 27.2. The van der Waals surface area contributed by atoms with Crippen LogP contribution in [0.2, 0.25) is 0 Å². The van der Waals surface area contributed by atoms with Crippen LogP contribution in [0.3, 0.4) is 0 Å². The maximum Gasteiger partial charge on any atom is 0.325 e. The number of aryl methyl sites for hydroxylation is 2. The number of hydrogen-bond donors (Lipinski definition) is 0. The standard InChI is InChI=1S/C14H19N3O3S/c1-8(2)17(7-12(18)20-5)13(19)11-6-10-9(3)15-16(4)14(10)21-11/h6,8H,7H2,1-5H3. The van der Waals surface area contributed by atoms with Gasteiger partial charge in [0.05, 0.1) is 17.7 Å². The molecule has 0 bridgehead atoms. The van der Waals surface area contributed by atoms with E-state index in [1.54, 1.807) is 4.68 Å². The number of carbonyl (C=O) groups is 2. The molecule has 114 valence electrons. The summed E-state index contributed by atoms with van der Waals surface area (Å²) in [6, 6.07) is 1.76. The molecule has 0 saturated carbocycles. The highest BCUT2D eigenvalue weighted by atomic mass is 32.1. The van der Waals surface area contributed by atoms with Gasteiger partial charge in [0, 0.05) is 18.5 Å². The van der Waals surface area contributed by atoms with E-state index in [4.69, 9.17) is 0 Å². The first-order chi connectivity index (χ1) is 9.85. The van der Waals surface area contributed by atoms with Crippen molar-refractivity contribution in [3.05, 3.63) is 16.6 Å². The number of ether oxygens (including phenoxy) is 1. The molecule has 1 amide bonds. The molecule has 0 unspecified atom stereocenters. The summed E-state index contributed by atoms with van der Waals surface area (Å²) < 4.78 is 6.43. The van der Waals surface area contributed by atoms with Crippen molar-refractivity contribution in [1.82, 2.24) is 14.7 Å². The van der Waals surface area contributed by atoms with Crippen LogP contribution < -0.4 is 0 Å². The second kappa shape index (κ2) is 5.85. The van der Waals surface area contributed by atoms with Gasteiger partial charge < -0.3 is 9.64 Å². The zero-order valence-corrected chi connectivity index (χ0v) is 13.7. The zero-order chi connectivity index (χ0) is 15.7. The number of rotatable bonds is 4. The highest BCUT2D eigenvalue weighted by Crippen LogP contribution is 2.28. The number of aromatic nitrogens is 2. The van der Waals surface area contributed by atoms with Crippen LogP contribution in [0.15, 0.2) is 6.07 Å². The van der Waals surface area contributed by atoms with Gasteiger partial charge in [0.25, 0.3) is 5.91 Å². The van der Waals surface area contributed by atoms with Gasteiger partial charge in [0.15, 0.2) is 0 Å². The lowest BCUT2D eigenvalue weighted by Crippen LogP contribution is -2.40. The highest BCUT2D eigenvalue weighted by molar-refractivity contribution is 7.20. The zero-order valence-electron chi connectivity index (χ0n) is 12.8. The minimum Gasteiger partial charge on any atom is -0.468 e. The maximum atomic E-state index is 12.6. The fourth-order valence-corrected chi connectivity index (χ4v) is 3.22. The lowest BCUT2D eigenvalue weighted by atomic mass is 10.2. The van der Waals surface area contributed by atoms with E-state index in [0.29, 0.717) is 4.88 Å². The van der Waals surface area contributed by atoms with E-state index in [1.807, 2.05) is 33.9 Å². The van der Waals surface area contributed by atoms with Crippen LogP contribution in [0.5, 0.6) is 0 Å². The smallest absolute Gasteiger partial charge is 0.325 e. The van der Waals surface area contributed by atoms with Crippen LogP contribution >= 0.6 is 11.3 Å². The number of hydrogen-bond acceptors (Lipinski definition) is 5. The van der Waals surface area contributed by atoms with Crippen molar-refractivity contribution < 1.29 is 14.3 Å². The number of fused-ring (bicyclic) bond motifs is 1. The molecule has 0 radical (unpaired) electrons. The largest absolute Gasteiger partial charge is 0.468 e. The van der Waals surface area contributed by atoms with Crippen LogP contribution in [-0.2, 0) is 16.6 Å². The molecule has 0 aliphatic heterocycles. The van der Waals surface area contributed by atoms with Crippen molar-refractivity contribution in [2.24, 2.45) is 7.05 Å². The SMILES string of the molecule is COC(=O)CN(C(=O)c1cc2c(C)nn(C)c2s1)C(C)C. The van der Waals surface area contributed by atoms with Crippen LogP contribution in [0, 0.1) is 6.92 Å². The highest BCUT2D eigenvalue weighted by Gasteiger charge is 2.24. The topological polar surface area (TPSA) is 64.4 Å². The quantitative estimate of drug-likeness (QED) is 0.810. The summed E-state index contributed by atoms with van der Waals surface area (Å²) in [5.41, 5.74) is 0.895. The Morgan fingerprint density at radius 1 is 1.48 bits per heavy atom. The van der Waals surface area contributed by atoms with Gasteiger partial charge in [-0.1, -0.05) is 0 Å². The average molecular weight is 309 g/mol. The van der Waals surface area contributed by atoms with Gasteiger partial charge in [0.2, 0.25) is 0 Å². The number of nitrogens with zero attached hydrogens (tertiary/aromatic N) is 3. The summed E-state index contributed by atoms with van der Waals surface area (Å²) >= 11 is 1.39. The Morgan fingerprint density at radius 3 is 2.67 bits per heavy atom. The third-order valence-electron chi connectivity index (χ3n) is 3.32. The van der Waals surface area contributed by atoms with E-state index in [9.17, 15) is 9.59 Å². The van der Waals surface area contributed by atoms with Crippen LogP contribution in [0.4, 0.5) is 0 Å². The minimum absolute atomic E-state index is 0.0432.